The highest BCUT2D eigenvalue weighted by molar-refractivity contribution is 5.94. The lowest BCUT2D eigenvalue weighted by atomic mass is 9.78. The van der Waals surface area contributed by atoms with Gasteiger partial charge in [-0.25, -0.2) is 0 Å². The highest BCUT2D eigenvalue weighted by Gasteiger charge is 2.30. The molecule has 1 aliphatic rings. The summed E-state index contributed by atoms with van der Waals surface area (Å²) in [5.74, 6) is 0.280. The third kappa shape index (κ3) is 7.00. The molecule has 1 fully saturated rings. The molecule has 1 aliphatic carbocycles. The zero-order chi connectivity index (χ0) is 22.5. The van der Waals surface area contributed by atoms with Crippen molar-refractivity contribution in [1.29, 1.82) is 0 Å². The molecule has 0 aromatic heterocycles. The van der Waals surface area contributed by atoms with Gasteiger partial charge >= 0.3 is 6.18 Å². The Bertz CT molecular complexity index is 721. The van der Waals surface area contributed by atoms with Gasteiger partial charge in [0.1, 0.15) is 6.54 Å². The molecule has 168 valence electrons. The number of hydrogen-bond donors (Lipinski definition) is 2. The van der Waals surface area contributed by atoms with Gasteiger partial charge in [-0.2, -0.15) is 13.2 Å². The lowest BCUT2D eigenvalue weighted by molar-refractivity contribution is -0.127. The lowest BCUT2D eigenvalue weighted by Crippen LogP contribution is -2.50. The second kappa shape index (κ2) is 10.3. The summed E-state index contributed by atoms with van der Waals surface area (Å²) in [6.07, 6.45) is -1.11. The van der Waals surface area contributed by atoms with Crippen molar-refractivity contribution in [3.05, 3.63) is 35.4 Å². The van der Waals surface area contributed by atoms with E-state index in [1.165, 1.54) is 18.6 Å². The quantitative estimate of drug-likeness (QED) is 0.697. The van der Waals surface area contributed by atoms with Crippen molar-refractivity contribution in [3.63, 3.8) is 0 Å². The SMILES string of the molecule is C[C@H]1[C@H](C)CCC[C@@H]1NC(=O)[C@H](C)N(C)Cc1ccc(C(=O)NCC(F)(F)F)cc1. The number of alkyl halides is 3. The van der Waals surface area contributed by atoms with Crippen LogP contribution in [0.15, 0.2) is 24.3 Å². The van der Waals surface area contributed by atoms with Gasteiger partial charge in [-0.3, -0.25) is 14.5 Å². The van der Waals surface area contributed by atoms with Crippen LogP contribution in [0.1, 0.15) is 56.0 Å². The van der Waals surface area contributed by atoms with Crippen LogP contribution >= 0.6 is 0 Å². The highest BCUT2D eigenvalue weighted by atomic mass is 19.4. The molecule has 0 spiro atoms. The predicted molar refractivity (Wildman–Crippen MR) is 110 cm³/mol. The molecular formula is C22H32F3N3O2. The van der Waals surface area contributed by atoms with Crippen LogP contribution in [0.3, 0.4) is 0 Å². The number of rotatable bonds is 7. The molecule has 0 bridgehead atoms. The van der Waals surface area contributed by atoms with Gasteiger partial charge in [-0.15, -0.1) is 0 Å². The van der Waals surface area contributed by atoms with E-state index < -0.39 is 18.6 Å². The van der Waals surface area contributed by atoms with Gasteiger partial charge in [-0.1, -0.05) is 38.8 Å². The van der Waals surface area contributed by atoms with E-state index in [9.17, 15) is 22.8 Å². The van der Waals surface area contributed by atoms with Crippen LogP contribution in [0.4, 0.5) is 13.2 Å². The Morgan fingerprint density at radius 3 is 2.40 bits per heavy atom. The van der Waals surface area contributed by atoms with Gasteiger partial charge < -0.3 is 10.6 Å². The molecule has 0 saturated heterocycles. The van der Waals surface area contributed by atoms with E-state index in [0.29, 0.717) is 18.4 Å². The fourth-order valence-electron chi connectivity index (χ4n) is 3.76. The lowest BCUT2D eigenvalue weighted by Gasteiger charge is -2.36. The maximum absolute atomic E-state index is 12.7. The molecule has 0 heterocycles. The van der Waals surface area contributed by atoms with Crippen LogP contribution in [0.5, 0.6) is 0 Å². The third-order valence-electron chi connectivity index (χ3n) is 6.17. The van der Waals surface area contributed by atoms with Crippen molar-refractivity contribution >= 4 is 11.8 Å². The molecule has 2 amide bonds. The van der Waals surface area contributed by atoms with E-state index in [0.717, 1.165) is 18.4 Å². The summed E-state index contributed by atoms with van der Waals surface area (Å²) in [5.41, 5.74) is 1.03. The van der Waals surface area contributed by atoms with Crippen LogP contribution < -0.4 is 10.6 Å². The van der Waals surface area contributed by atoms with Crippen molar-refractivity contribution < 1.29 is 22.8 Å². The smallest absolute Gasteiger partial charge is 0.352 e. The maximum atomic E-state index is 12.7. The van der Waals surface area contributed by atoms with Crippen molar-refractivity contribution in [2.45, 2.75) is 64.8 Å². The fraction of sp³-hybridized carbons (Fsp3) is 0.636. The van der Waals surface area contributed by atoms with Crippen LogP contribution in [0, 0.1) is 11.8 Å². The first-order chi connectivity index (χ1) is 14.0. The maximum Gasteiger partial charge on any atom is 0.405 e. The van der Waals surface area contributed by atoms with Crippen LogP contribution in [0.25, 0.3) is 0 Å². The molecule has 0 unspecified atom stereocenters. The van der Waals surface area contributed by atoms with Gasteiger partial charge in [0, 0.05) is 18.2 Å². The molecule has 0 aliphatic heterocycles. The Morgan fingerprint density at radius 1 is 1.17 bits per heavy atom. The molecule has 2 N–H and O–H groups in total. The summed E-state index contributed by atoms with van der Waals surface area (Å²) < 4.78 is 36.6. The first-order valence-corrected chi connectivity index (χ1v) is 10.4. The van der Waals surface area contributed by atoms with E-state index >= 15 is 0 Å². The van der Waals surface area contributed by atoms with Crippen LogP contribution in [-0.2, 0) is 11.3 Å². The number of carbonyl (C=O) groups is 2. The second-order valence-electron chi connectivity index (χ2n) is 8.47. The first kappa shape index (κ1) is 24.2. The number of amides is 2. The number of carbonyl (C=O) groups excluding carboxylic acids is 2. The number of likely N-dealkylation sites (N-methyl/N-ethyl adjacent to an activating group) is 1. The Balaban J connectivity index is 1.87. The van der Waals surface area contributed by atoms with E-state index in [1.807, 2.05) is 24.2 Å². The molecule has 30 heavy (non-hydrogen) atoms. The van der Waals surface area contributed by atoms with Gasteiger partial charge in [-0.05, 0) is 49.9 Å². The number of benzene rings is 1. The van der Waals surface area contributed by atoms with E-state index in [-0.39, 0.29) is 23.6 Å². The summed E-state index contributed by atoms with van der Waals surface area (Å²) >= 11 is 0. The molecule has 2 rings (SSSR count). The molecule has 1 aromatic rings. The standard InChI is InChI=1S/C22H32F3N3O2/c1-14-6-5-7-19(15(14)2)27-20(29)16(3)28(4)12-17-8-10-18(11-9-17)21(30)26-13-22(23,24)25/h8-11,14-16,19H,5-7,12-13H2,1-4H3,(H,26,30)(H,27,29)/t14-,15+,16+,19+/m1/s1. The molecular weight excluding hydrogens is 395 g/mol. The van der Waals surface area contributed by atoms with Gasteiger partial charge in [0.05, 0.1) is 6.04 Å². The van der Waals surface area contributed by atoms with E-state index in [4.69, 9.17) is 0 Å². The van der Waals surface area contributed by atoms with Crippen LogP contribution in [-0.4, -0.2) is 48.6 Å². The van der Waals surface area contributed by atoms with Crippen molar-refractivity contribution in [3.8, 4) is 0 Å². The summed E-state index contributed by atoms with van der Waals surface area (Å²) in [5, 5.41) is 5.04. The zero-order valence-electron chi connectivity index (χ0n) is 18.1. The Kier molecular flexibility index (Phi) is 8.29. The summed E-state index contributed by atoms with van der Waals surface area (Å²) in [7, 11) is 1.85. The van der Waals surface area contributed by atoms with Crippen molar-refractivity contribution in [1.82, 2.24) is 15.5 Å². The average molecular weight is 428 g/mol. The highest BCUT2D eigenvalue weighted by Crippen LogP contribution is 2.29. The minimum atomic E-state index is -4.44. The van der Waals surface area contributed by atoms with E-state index in [2.05, 4.69) is 19.2 Å². The molecule has 4 atom stereocenters. The normalized spacial score (nSPS) is 23.1. The summed E-state index contributed by atoms with van der Waals surface area (Å²) in [6, 6.07) is 6.23. The fourth-order valence-corrected chi connectivity index (χ4v) is 3.76. The summed E-state index contributed by atoms with van der Waals surface area (Å²) in [4.78, 5) is 26.4. The minimum Gasteiger partial charge on any atom is -0.352 e. The molecule has 0 radical (unpaired) electrons. The number of hydrogen-bond acceptors (Lipinski definition) is 3. The molecule has 1 aromatic carbocycles. The predicted octanol–water partition coefficient (Wildman–Crippen LogP) is 3.74. The third-order valence-corrected chi connectivity index (χ3v) is 6.17. The van der Waals surface area contributed by atoms with Crippen molar-refractivity contribution in [2.75, 3.05) is 13.6 Å². The number of halogens is 3. The Labute approximate surface area is 176 Å². The van der Waals surface area contributed by atoms with E-state index in [1.54, 1.807) is 12.1 Å². The topological polar surface area (TPSA) is 61.4 Å². The summed E-state index contributed by atoms with van der Waals surface area (Å²) in [6.45, 7) is 5.39. The molecule has 8 heteroatoms. The number of nitrogens with one attached hydrogen (secondary N) is 2. The van der Waals surface area contributed by atoms with Gasteiger partial charge in [0.2, 0.25) is 5.91 Å². The number of nitrogens with zero attached hydrogens (tertiary/aromatic N) is 1. The molecule has 5 nitrogen and oxygen atoms in total. The average Bonchev–Trinajstić information content (AvgIpc) is 2.69. The first-order valence-electron chi connectivity index (χ1n) is 10.4. The minimum absolute atomic E-state index is 0.00778. The Morgan fingerprint density at radius 2 is 1.80 bits per heavy atom. The van der Waals surface area contributed by atoms with Crippen molar-refractivity contribution in [2.24, 2.45) is 11.8 Å². The Hall–Kier alpha value is -2.09. The zero-order valence-corrected chi connectivity index (χ0v) is 18.1. The second-order valence-corrected chi connectivity index (χ2v) is 8.47. The largest absolute Gasteiger partial charge is 0.405 e. The monoisotopic (exact) mass is 427 g/mol. The van der Waals surface area contributed by atoms with Gasteiger partial charge in [0.15, 0.2) is 0 Å². The molecule has 1 saturated carbocycles. The van der Waals surface area contributed by atoms with Crippen LogP contribution in [0.2, 0.25) is 0 Å². The van der Waals surface area contributed by atoms with Gasteiger partial charge in [0.25, 0.3) is 5.91 Å².